The van der Waals surface area contributed by atoms with E-state index < -0.39 is 17.6 Å². The fraction of sp³-hybridized carbons (Fsp3) is 0.429. The highest BCUT2D eigenvalue weighted by Crippen LogP contribution is 2.34. The number of para-hydroxylation sites is 1. The molecular formula is C14H17F3N2O2S. The molecule has 0 radical (unpaired) electrons. The van der Waals surface area contributed by atoms with Crippen LogP contribution in [0.5, 0.6) is 0 Å². The van der Waals surface area contributed by atoms with E-state index in [0.29, 0.717) is 12.3 Å². The molecule has 1 aromatic rings. The number of amides is 2. The first-order chi connectivity index (χ1) is 10.3. The predicted octanol–water partition coefficient (Wildman–Crippen LogP) is 2.81. The van der Waals surface area contributed by atoms with Gasteiger partial charge in [0.2, 0.25) is 11.8 Å². The third-order valence-electron chi connectivity index (χ3n) is 2.90. The molecule has 0 aromatic heterocycles. The highest BCUT2D eigenvalue weighted by molar-refractivity contribution is 7.80. The molecule has 0 spiro atoms. The van der Waals surface area contributed by atoms with Gasteiger partial charge in [-0.2, -0.15) is 25.8 Å². The van der Waals surface area contributed by atoms with E-state index in [1.165, 1.54) is 23.1 Å². The van der Waals surface area contributed by atoms with Gasteiger partial charge in [0, 0.05) is 13.0 Å². The Kier molecular flexibility index (Phi) is 6.73. The minimum atomic E-state index is -4.56. The Hall–Kier alpha value is -1.70. The lowest BCUT2D eigenvalue weighted by atomic mass is 10.1. The maximum Gasteiger partial charge on any atom is 0.418 e. The maximum atomic E-state index is 12.8. The van der Waals surface area contributed by atoms with Crippen LogP contribution >= 0.6 is 12.6 Å². The highest BCUT2D eigenvalue weighted by atomic mass is 32.1. The Morgan fingerprint density at radius 3 is 2.45 bits per heavy atom. The topological polar surface area (TPSA) is 49.4 Å². The molecule has 0 fully saturated rings. The molecule has 0 bridgehead atoms. The zero-order valence-corrected chi connectivity index (χ0v) is 12.9. The Morgan fingerprint density at radius 1 is 1.27 bits per heavy atom. The van der Waals surface area contributed by atoms with Gasteiger partial charge in [0.1, 0.15) is 0 Å². The van der Waals surface area contributed by atoms with Crippen molar-refractivity contribution < 1.29 is 22.8 Å². The molecule has 0 saturated carbocycles. The molecule has 22 heavy (non-hydrogen) atoms. The second kappa shape index (κ2) is 8.07. The van der Waals surface area contributed by atoms with Crippen LogP contribution in [-0.4, -0.2) is 35.6 Å². The van der Waals surface area contributed by atoms with Gasteiger partial charge in [-0.05, 0) is 24.8 Å². The molecule has 4 nitrogen and oxygen atoms in total. The van der Waals surface area contributed by atoms with Crippen molar-refractivity contribution in [1.29, 1.82) is 0 Å². The fourth-order valence-electron chi connectivity index (χ4n) is 1.83. The van der Waals surface area contributed by atoms with Gasteiger partial charge in [-0.1, -0.05) is 12.1 Å². The number of carbonyl (C=O) groups is 2. The number of carbonyl (C=O) groups excluding carboxylic acids is 2. The molecule has 8 heteroatoms. The van der Waals surface area contributed by atoms with E-state index in [1.54, 1.807) is 6.92 Å². The number of rotatable bonds is 6. The Morgan fingerprint density at radius 2 is 1.91 bits per heavy atom. The van der Waals surface area contributed by atoms with Crippen molar-refractivity contribution in [2.75, 3.05) is 24.2 Å². The molecule has 2 amide bonds. The molecule has 122 valence electrons. The number of alkyl halides is 3. The van der Waals surface area contributed by atoms with Gasteiger partial charge < -0.3 is 10.2 Å². The lowest BCUT2D eigenvalue weighted by Crippen LogP contribution is -2.38. The van der Waals surface area contributed by atoms with Crippen LogP contribution in [0.3, 0.4) is 0 Å². The van der Waals surface area contributed by atoms with E-state index in [-0.39, 0.29) is 24.6 Å². The van der Waals surface area contributed by atoms with E-state index in [1.807, 2.05) is 0 Å². The van der Waals surface area contributed by atoms with Gasteiger partial charge in [0.25, 0.3) is 0 Å². The molecule has 0 aliphatic carbocycles. The van der Waals surface area contributed by atoms with Crippen molar-refractivity contribution in [2.24, 2.45) is 0 Å². The number of thiol groups is 1. The Balaban J connectivity index is 2.79. The minimum absolute atomic E-state index is 0.170. The molecule has 0 saturated heterocycles. The average molecular weight is 334 g/mol. The summed E-state index contributed by atoms with van der Waals surface area (Å²) in [5.74, 6) is -0.601. The SMILES string of the molecule is CCN(CC(=O)Nc1ccccc1C(F)(F)F)C(=O)CCS. The van der Waals surface area contributed by atoms with Crippen LogP contribution in [0.1, 0.15) is 18.9 Å². The normalized spacial score (nSPS) is 11.1. The third kappa shape index (κ3) is 5.25. The molecule has 0 heterocycles. The van der Waals surface area contributed by atoms with Crippen LogP contribution in [-0.2, 0) is 15.8 Å². The summed E-state index contributed by atoms with van der Waals surface area (Å²) in [5, 5.41) is 2.21. The van der Waals surface area contributed by atoms with Gasteiger partial charge >= 0.3 is 6.18 Å². The summed E-state index contributed by atoms with van der Waals surface area (Å²) in [4.78, 5) is 24.8. The number of nitrogens with zero attached hydrogens (tertiary/aromatic N) is 1. The summed E-state index contributed by atoms with van der Waals surface area (Å²) in [6, 6.07) is 4.70. The van der Waals surface area contributed by atoms with Crippen LogP contribution in [0.25, 0.3) is 0 Å². The monoisotopic (exact) mass is 334 g/mol. The molecule has 1 rings (SSSR count). The van der Waals surface area contributed by atoms with E-state index in [0.717, 1.165) is 6.07 Å². The van der Waals surface area contributed by atoms with Gasteiger partial charge in [-0.25, -0.2) is 0 Å². The first kappa shape index (κ1) is 18.3. The van der Waals surface area contributed by atoms with Crippen molar-refractivity contribution in [1.82, 2.24) is 4.90 Å². The maximum absolute atomic E-state index is 12.8. The van der Waals surface area contributed by atoms with E-state index >= 15 is 0 Å². The number of likely N-dealkylation sites (N-methyl/N-ethyl adjacent to an activating group) is 1. The van der Waals surface area contributed by atoms with Crippen LogP contribution in [0, 0.1) is 0 Å². The Bertz CT molecular complexity index is 535. The largest absolute Gasteiger partial charge is 0.418 e. The van der Waals surface area contributed by atoms with Crippen molar-refractivity contribution in [3.8, 4) is 0 Å². The number of halogens is 3. The van der Waals surface area contributed by atoms with Gasteiger partial charge in [-0.3, -0.25) is 9.59 Å². The number of hydrogen-bond acceptors (Lipinski definition) is 3. The zero-order valence-electron chi connectivity index (χ0n) is 12.0. The number of benzene rings is 1. The number of hydrogen-bond donors (Lipinski definition) is 2. The number of nitrogens with one attached hydrogen (secondary N) is 1. The smallest absolute Gasteiger partial charge is 0.334 e. The van der Waals surface area contributed by atoms with Crippen LogP contribution in [0.4, 0.5) is 18.9 Å². The lowest BCUT2D eigenvalue weighted by Gasteiger charge is -2.20. The summed E-state index contributed by atoms with van der Waals surface area (Å²) in [6.45, 7) is 1.68. The van der Waals surface area contributed by atoms with Gasteiger partial charge in [0.15, 0.2) is 0 Å². The van der Waals surface area contributed by atoms with E-state index in [4.69, 9.17) is 0 Å². The second-order valence-corrected chi connectivity index (χ2v) is 4.92. The third-order valence-corrected chi connectivity index (χ3v) is 3.12. The zero-order chi connectivity index (χ0) is 16.8. The van der Waals surface area contributed by atoms with Crippen molar-refractivity contribution in [2.45, 2.75) is 19.5 Å². The molecule has 0 aliphatic rings. The minimum Gasteiger partial charge on any atom is -0.334 e. The van der Waals surface area contributed by atoms with Crippen LogP contribution in [0.15, 0.2) is 24.3 Å². The molecular weight excluding hydrogens is 317 g/mol. The van der Waals surface area contributed by atoms with Crippen LogP contribution in [0.2, 0.25) is 0 Å². The van der Waals surface area contributed by atoms with E-state index in [2.05, 4.69) is 17.9 Å². The average Bonchev–Trinajstić information content (AvgIpc) is 2.44. The summed E-state index contributed by atoms with van der Waals surface area (Å²) in [7, 11) is 0. The summed E-state index contributed by atoms with van der Waals surface area (Å²) >= 11 is 3.94. The molecule has 0 unspecified atom stereocenters. The van der Waals surface area contributed by atoms with Gasteiger partial charge in [0.05, 0.1) is 17.8 Å². The quantitative estimate of drug-likeness (QED) is 0.786. The molecule has 1 aromatic carbocycles. The molecule has 1 N–H and O–H groups in total. The summed E-state index contributed by atoms with van der Waals surface area (Å²) in [6.07, 6.45) is -4.39. The van der Waals surface area contributed by atoms with Gasteiger partial charge in [-0.15, -0.1) is 0 Å². The highest BCUT2D eigenvalue weighted by Gasteiger charge is 2.33. The standard InChI is InChI=1S/C14H17F3N2O2S/c1-2-19(13(21)7-8-22)9-12(20)18-11-6-4-3-5-10(11)14(15,16)17/h3-6,22H,2,7-9H2,1H3,(H,18,20). The van der Waals surface area contributed by atoms with Crippen molar-refractivity contribution in [3.05, 3.63) is 29.8 Å². The van der Waals surface area contributed by atoms with Crippen molar-refractivity contribution >= 4 is 30.1 Å². The van der Waals surface area contributed by atoms with Crippen LogP contribution < -0.4 is 5.32 Å². The Labute approximate surface area is 132 Å². The summed E-state index contributed by atoms with van der Waals surface area (Å²) < 4.78 is 38.5. The molecule has 0 atom stereocenters. The second-order valence-electron chi connectivity index (χ2n) is 4.47. The number of anilines is 1. The fourth-order valence-corrected chi connectivity index (χ4v) is 2.02. The van der Waals surface area contributed by atoms with E-state index in [9.17, 15) is 22.8 Å². The predicted molar refractivity (Wildman–Crippen MR) is 80.8 cm³/mol. The lowest BCUT2D eigenvalue weighted by molar-refractivity contribution is -0.137. The first-order valence-corrected chi connectivity index (χ1v) is 7.27. The van der Waals surface area contributed by atoms with Crippen molar-refractivity contribution in [3.63, 3.8) is 0 Å². The molecule has 0 aliphatic heterocycles. The summed E-state index contributed by atoms with van der Waals surface area (Å²) in [5.41, 5.74) is -1.24. The first-order valence-electron chi connectivity index (χ1n) is 6.64.